The molecule has 0 bridgehead atoms. The number of hydrogen-bond donors (Lipinski definition) is 0. The lowest BCUT2D eigenvalue weighted by Crippen LogP contribution is -2.19. The van der Waals surface area contributed by atoms with E-state index in [1.165, 1.54) is 62.1 Å². The third-order valence-electron chi connectivity index (χ3n) is 13.3. The highest BCUT2D eigenvalue weighted by molar-refractivity contribution is 5.83. The van der Waals surface area contributed by atoms with Crippen LogP contribution in [0.4, 0.5) is 22.7 Å². The second-order valence-electron chi connectivity index (χ2n) is 17.6. The fourth-order valence-corrected chi connectivity index (χ4v) is 9.53. The third-order valence-corrected chi connectivity index (χ3v) is 13.3. The van der Waals surface area contributed by atoms with Crippen molar-refractivity contribution in [2.75, 3.05) is 9.80 Å². The van der Waals surface area contributed by atoms with Crippen molar-refractivity contribution in [2.24, 2.45) is 11.8 Å². The van der Waals surface area contributed by atoms with Crippen molar-refractivity contribution in [2.45, 2.75) is 25.7 Å². The number of nitrogens with zero attached hydrogens (tertiary/aromatic N) is 2. The summed E-state index contributed by atoms with van der Waals surface area (Å²) in [5, 5.41) is 0. The van der Waals surface area contributed by atoms with Gasteiger partial charge in [0.05, 0.1) is 0 Å². The first-order valence-corrected chi connectivity index (χ1v) is 23.4. The molecule has 2 atom stereocenters. The quantitative estimate of drug-likeness (QED) is 0.128. The average molecular weight is 849 g/mol. The van der Waals surface area contributed by atoms with Gasteiger partial charge in [0.25, 0.3) is 0 Å². The van der Waals surface area contributed by atoms with Gasteiger partial charge in [-0.2, -0.15) is 0 Å². The highest BCUT2D eigenvalue weighted by atomic mass is 15.2. The lowest BCUT2D eigenvalue weighted by molar-refractivity contribution is 0.985. The summed E-state index contributed by atoms with van der Waals surface area (Å²) in [7, 11) is 0. The Morgan fingerprint density at radius 3 is 1.59 bits per heavy atom. The van der Waals surface area contributed by atoms with E-state index in [2.05, 4.69) is 265 Å². The minimum atomic E-state index is 0.715. The van der Waals surface area contributed by atoms with Crippen LogP contribution in [-0.2, 0) is 0 Å². The van der Waals surface area contributed by atoms with Crippen molar-refractivity contribution in [1.82, 2.24) is 0 Å². The molecule has 0 radical (unpaired) electrons. The Hall–Kier alpha value is -7.94. The molecular formula is C64H52N2. The monoisotopic (exact) mass is 848 g/mol. The van der Waals surface area contributed by atoms with Crippen LogP contribution in [0.15, 0.2) is 266 Å². The maximum absolute atomic E-state index is 2.46. The number of benzene rings is 6. The molecule has 0 N–H and O–H groups in total. The van der Waals surface area contributed by atoms with Crippen LogP contribution in [0.5, 0.6) is 0 Å². The van der Waals surface area contributed by atoms with Crippen LogP contribution in [0.2, 0.25) is 0 Å². The summed E-state index contributed by atoms with van der Waals surface area (Å²) in [4.78, 5) is 4.77. The molecule has 1 saturated carbocycles. The smallest absolute Gasteiger partial charge is 0.0462 e. The van der Waals surface area contributed by atoms with Crippen LogP contribution in [0.25, 0.3) is 33.4 Å². The summed E-state index contributed by atoms with van der Waals surface area (Å²) in [6.45, 7) is 0. The van der Waals surface area contributed by atoms with Crippen molar-refractivity contribution in [1.29, 1.82) is 0 Å². The van der Waals surface area contributed by atoms with Gasteiger partial charge >= 0.3 is 0 Å². The molecule has 66 heavy (non-hydrogen) atoms. The van der Waals surface area contributed by atoms with E-state index < -0.39 is 0 Å². The summed E-state index contributed by atoms with van der Waals surface area (Å²) in [5.74, 6) is 1.47. The van der Waals surface area contributed by atoms with Crippen LogP contribution in [0.3, 0.4) is 0 Å². The fraction of sp³-hybridized carbons (Fsp3) is 0.0938. The van der Waals surface area contributed by atoms with E-state index in [0.29, 0.717) is 5.92 Å². The molecule has 2 unspecified atom stereocenters. The van der Waals surface area contributed by atoms with Crippen molar-refractivity contribution in [3.8, 4) is 11.1 Å². The van der Waals surface area contributed by atoms with Crippen molar-refractivity contribution < 1.29 is 0 Å². The van der Waals surface area contributed by atoms with E-state index in [4.69, 9.17) is 0 Å². The Labute approximate surface area is 390 Å². The van der Waals surface area contributed by atoms with Gasteiger partial charge in [-0.1, -0.05) is 188 Å². The van der Waals surface area contributed by atoms with Crippen LogP contribution in [0, 0.1) is 11.8 Å². The summed E-state index contributed by atoms with van der Waals surface area (Å²) in [6.07, 6.45) is 40.2. The van der Waals surface area contributed by atoms with Crippen LogP contribution >= 0.6 is 0 Å². The molecule has 5 aliphatic carbocycles. The predicted octanol–water partition coefficient (Wildman–Crippen LogP) is 17.0. The van der Waals surface area contributed by atoms with E-state index in [0.717, 1.165) is 59.3 Å². The molecule has 0 heterocycles. The molecule has 318 valence electrons. The van der Waals surface area contributed by atoms with Gasteiger partial charge < -0.3 is 9.80 Å². The molecule has 0 aliphatic heterocycles. The van der Waals surface area contributed by atoms with Crippen LogP contribution in [-0.4, -0.2) is 0 Å². The molecule has 1 fully saturated rings. The maximum atomic E-state index is 2.46. The molecule has 6 aromatic rings. The molecule has 11 rings (SSSR count). The van der Waals surface area contributed by atoms with Crippen molar-refractivity contribution in [3.63, 3.8) is 0 Å². The maximum Gasteiger partial charge on any atom is 0.0462 e. The van der Waals surface area contributed by atoms with Gasteiger partial charge in [0.2, 0.25) is 0 Å². The van der Waals surface area contributed by atoms with Crippen LogP contribution < -0.4 is 9.80 Å². The molecule has 6 aromatic carbocycles. The molecule has 0 aromatic heterocycles. The van der Waals surface area contributed by atoms with E-state index in [-0.39, 0.29) is 0 Å². The Kier molecular flexibility index (Phi) is 11.5. The van der Waals surface area contributed by atoms with Gasteiger partial charge in [-0.3, -0.25) is 0 Å². The summed E-state index contributed by atoms with van der Waals surface area (Å²) < 4.78 is 0. The second-order valence-corrected chi connectivity index (χ2v) is 17.6. The molecule has 5 aliphatic rings. The minimum absolute atomic E-state index is 0.715. The van der Waals surface area contributed by atoms with Gasteiger partial charge in [-0.25, -0.2) is 0 Å². The Morgan fingerprint density at radius 1 is 0.364 bits per heavy atom. The predicted molar refractivity (Wildman–Crippen MR) is 281 cm³/mol. The van der Waals surface area contributed by atoms with Gasteiger partial charge in [0.15, 0.2) is 0 Å². The van der Waals surface area contributed by atoms with Gasteiger partial charge in [-0.05, 0) is 160 Å². The van der Waals surface area contributed by atoms with E-state index >= 15 is 0 Å². The summed E-state index contributed by atoms with van der Waals surface area (Å²) in [6, 6.07) is 57.5. The average Bonchev–Trinajstić information content (AvgIpc) is 4.25. The largest absolute Gasteiger partial charge is 0.311 e. The van der Waals surface area contributed by atoms with E-state index in [9.17, 15) is 0 Å². The highest BCUT2D eigenvalue weighted by Crippen LogP contribution is 2.46. The Bertz CT molecular complexity index is 3070. The molecule has 2 nitrogen and oxygen atoms in total. The lowest BCUT2D eigenvalue weighted by atomic mass is 9.98. The zero-order valence-electron chi connectivity index (χ0n) is 37.1. The summed E-state index contributed by atoms with van der Waals surface area (Å²) >= 11 is 0. The minimum Gasteiger partial charge on any atom is -0.311 e. The first-order chi connectivity index (χ1) is 32.7. The Balaban J connectivity index is 0.903. The molecule has 0 spiro atoms. The zero-order valence-corrected chi connectivity index (χ0v) is 37.1. The van der Waals surface area contributed by atoms with Gasteiger partial charge in [0.1, 0.15) is 0 Å². The second kappa shape index (κ2) is 18.6. The van der Waals surface area contributed by atoms with Crippen LogP contribution in [0.1, 0.15) is 47.9 Å². The standard InChI is InChI=1S/C64H52N2/c1-2-6-14-48(13-5-1)52-29-39-62(40-30-52)66(64-43-33-55(34-44-64)56-23-24-57-46-58(57)45-56)63-41-31-54(32-42-63)51-20-12-22-60(36-26-51)65(61-37-27-53(28-38-61)49-17-9-4-10-18-49)59-21-11-19-50(25-35-59)47-15-7-3-8-16-47/h1-10,12-13,15-19,21-45,57-58H,11,14,20,46H2. The third kappa shape index (κ3) is 8.92. The van der Waals surface area contributed by atoms with Gasteiger partial charge in [0, 0.05) is 34.1 Å². The van der Waals surface area contributed by atoms with Crippen molar-refractivity contribution in [3.05, 3.63) is 289 Å². The first-order valence-electron chi connectivity index (χ1n) is 23.4. The normalized spacial score (nSPS) is 18.3. The SMILES string of the molecule is C1=CC=C(c2ccc(N(c3ccc(C4=CC5CC5C=C4)cc3)c3ccc(C4=CC=C(N(C5=CCC=C(c6ccccc6)C=C5)c5ccc(-c6ccccc6)cc5)C=CC4)cc3)cc2)CC=C1. The van der Waals surface area contributed by atoms with Crippen molar-refractivity contribution >= 4 is 45.0 Å². The Morgan fingerprint density at radius 2 is 0.924 bits per heavy atom. The number of hydrogen-bond acceptors (Lipinski definition) is 2. The highest BCUT2D eigenvalue weighted by Gasteiger charge is 2.35. The number of rotatable bonds is 11. The van der Waals surface area contributed by atoms with E-state index in [1.807, 2.05) is 0 Å². The number of allylic oxidation sites excluding steroid dienone is 20. The zero-order chi connectivity index (χ0) is 44.1. The first kappa shape index (κ1) is 40.8. The van der Waals surface area contributed by atoms with Gasteiger partial charge in [-0.15, -0.1) is 0 Å². The number of anilines is 4. The molecule has 0 saturated heterocycles. The lowest BCUT2D eigenvalue weighted by Gasteiger charge is -2.27. The number of fused-ring (bicyclic) bond motifs is 1. The fourth-order valence-electron chi connectivity index (χ4n) is 9.53. The molecule has 0 amide bonds. The topological polar surface area (TPSA) is 6.48 Å². The summed E-state index contributed by atoms with van der Waals surface area (Å²) in [5.41, 5.74) is 19.3. The molecule has 2 heteroatoms. The van der Waals surface area contributed by atoms with E-state index in [1.54, 1.807) is 0 Å². The molecular weight excluding hydrogens is 797 g/mol.